The van der Waals surface area contributed by atoms with Gasteiger partial charge in [-0.15, -0.1) is 0 Å². The van der Waals surface area contributed by atoms with Crippen molar-refractivity contribution in [3.05, 3.63) is 60.2 Å². The zero-order valence-electron chi connectivity index (χ0n) is 17.2. The molecule has 2 aromatic rings. The van der Waals surface area contributed by atoms with E-state index in [4.69, 9.17) is 9.47 Å². The van der Waals surface area contributed by atoms with Gasteiger partial charge in [-0.3, -0.25) is 9.59 Å². The van der Waals surface area contributed by atoms with Gasteiger partial charge in [0.1, 0.15) is 5.75 Å². The van der Waals surface area contributed by atoms with Crippen LogP contribution in [0, 0.1) is 0 Å². The number of hydrogen-bond donors (Lipinski definition) is 0. The van der Waals surface area contributed by atoms with Gasteiger partial charge in [-0.25, -0.2) is 4.79 Å². The van der Waals surface area contributed by atoms with E-state index in [0.29, 0.717) is 24.4 Å². The summed E-state index contributed by atoms with van der Waals surface area (Å²) in [5.41, 5.74) is 1.70. The maximum atomic E-state index is 12.6. The molecule has 1 aliphatic rings. The van der Waals surface area contributed by atoms with Gasteiger partial charge in [-0.2, -0.15) is 0 Å². The average molecular weight is 410 g/mol. The molecule has 0 unspecified atom stereocenters. The Morgan fingerprint density at radius 3 is 2.17 bits per heavy atom. The van der Waals surface area contributed by atoms with E-state index >= 15 is 0 Å². The lowest BCUT2D eigenvalue weighted by Gasteiger charge is -2.37. The molecule has 1 amide bonds. The zero-order valence-corrected chi connectivity index (χ0v) is 17.2. The minimum atomic E-state index is -0.871. The molecule has 1 atom stereocenters. The third-order valence-electron chi connectivity index (χ3n) is 4.99. The van der Waals surface area contributed by atoms with Crippen LogP contribution in [-0.2, 0) is 14.3 Å². The molecule has 0 spiro atoms. The van der Waals surface area contributed by atoms with Gasteiger partial charge in [-0.1, -0.05) is 18.2 Å². The third-order valence-corrected chi connectivity index (χ3v) is 4.99. The van der Waals surface area contributed by atoms with Crippen molar-refractivity contribution in [1.82, 2.24) is 4.90 Å². The number of rotatable bonds is 7. The maximum Gasteiger partial charge on any atom is 0.344 e. The Morgan fingerprint density at radius 1 is 0.933 bits per heavy atom. The van der Waals surface area contributed by atoms with E-state index < -0.39 is 12.1 Å². The summed E-state index contributed by atoms with van der Waals surface area (Å²) in [6.45, 7) is 5.37. The summed E-state index contributed by atoms with van der Waals surface area (Å²) in [6.07, 6.45) is -0.871. The first-order chi connectivity index (χ1) is 14.4. The monoisotopic (exact) mass is 410 g/mol. The first kappa shape index (κ1) is 21.4. The van der Waals surface area contributed by atoms with Gasteiger partial charge in [0.15, 0.2) is 18.5 Å². The molecule has 0 saturated carbocycles. The number of amides is 1. The number of nitrogens with zero attached hydrogens (tertiary/aromatic N) is 2. The largest absolute Gasteiger partial charge is 0.482 e. The number of carbonyl (C=O) groups excluding carboxylic acids is 3. The molecular formula is C23H26N2O5. The first-order valence-corrected chi connectivity index (χ1v) is 9.96. The molecule has 0 bridgehead atoms. The van der Waals surface area contributed by atoms with Gasteiger partial charge >= 0.3 is 5.97 Å². The minimum absolute atomic E-state index is 0.0436. The number of hydrogen-bond acceptors (Lipinski definition) is 6. The summed E-state index contributed by atoms with van der Waals surface area (Å²) < 4.78 is 10.6. The van der Waals surface area contributed by atoms with Gasteiger partial charge in [0.2, 0.25) is 0 Å². The molecule has 0 N–H and O–H groups in total. The van der Waals surface area contributed by atoms with Crippen molar-refractivity contribution in [3.8, 4) is 5.75 Å². The summed E-state index contributed by atoms with van der Waals surface area (Å²) in [7, 11) is 0. The first-order valence-electron chi connectivity index (χ1n) is 9.96. The fourth-order valence-electron chi connectivity index (χ4n) is 3.29. The topological polar surface area (TPSA) is 76.2 Å². The molecule has 2 aromatic carbocycles. The lowest BCUT2D eigenvalue weighted by atomic mass is 10.1. The van der Waals surface area contributed by atoms with Crippen LogP contribution in [0.3, 0.4) is 0 Å². The highest BCUT2D eigenvalue weighted by atomic mass is 16.6. The molecule has 1 saturated heterocycles. The van der Waals surface area contributed by atoms with Crippen LogP contribution in [0.1, 0.15) is 24.2 Å². The predicted octanol–water partition coefficient (Wildman–Crippen LogP) is 2.55. The summed E-state index contributed by atoms with van der Waals surface area (Å²) >= 11 is 0. The molecule has 0 radical (unpaired) electrons. The molecular weight excluding hydrogens is 384 g/mol. The molecule has 1 aliphatic heterocycles. The second-order valence-corrected chi connectivity index (χ2v) is 7.15. The number of esters is 1. The molecule has 3 rings (SSSR count). The van der Waals surface area contributed by atoms with E-state index in [1.165, 1.54) is 6.92 Å². The van der Waals surface area contributed by atoms with E-state index in [-0.39, 0.29) is 18.3 Å². The van der Waals surface area contributed by atoms with Crippen molar-refractivity contribution in [2.24, 2.45) is 0 Å². The van der Waals surface area contributed by atoms with E-state index in [2.05, 4.69) is 17.0 Å². The second-order valence-electron chi connectivity index (χ2n) is 7.15. The van der Waals surface area contributed by atoms with Crippen molar-refractivity contribution in [3.63, 3.8) is 0 Å². The van der Waals surface area contributed by atoms with Crippen molar-refractivity contribution in [2.45, 2.75) is 20.0 Å². The quantitative estimate of drug-likeness (QED) is 0.516. The van der Waals surface area contributed by atoms with Crippen LogP contribution in [0.4, 0.5) is 5.69 Å². The Labute approximate surface area is 176 Å². The smallest absolute Gasteiger partial charge is 0.344 e. The zero-order chi connectivity index (χ0) is 21.5. The third kappa shape index (κ3) is 5.59. The van der Waals surface area contributed by atoms with Gasteiger partial charge < -0.3 is 19.3 Å². The summed E-state index contributed by atoms with van der Waals surface area (Å²) in [5, 5.41) is 0. The number of piperazine rings is 1. The van der Waals surface area contributed by atoms with Gasteiger partial charge in [-0.05, 0) is 50.2 Å². The predicted molar refractivity (Wildman–Crippen MR) is 113 cm³/mol. The van der Waals surface area contributed by atoms with E-state index in [1.54, 1.807) is 36.1 Å². The van der Waals surface area contributed by atoms with Crippen LogP contribution < -0.4 is 9.64 Å². The highest BCUT2D eigenvalue weighted by Crippen LogP contribution is 2.16. The SMILES string of the molecule is CC(=O)c1ccc(OCC(=O)O[C@@H](C)C(=O)N2CCN(c3ccccc3)CC2)cc1. The molecule has 1 heterocycles. The molecule has 158 valence electrons. The number of ether oxygens (including phenoxy) is 2. The van der Waals surface area contributed by atoms with Crippen LogP contribution in [0.25, 0.3) is 0 Å². The van der Waals surface area contributed by atoms with E-state index in [1.807, 2.05) is 18.2 Å². The lowest BCUT2D eigenvalue weighted by molar-refractivity contribution is -0.160. The Morgan fingerprint density at radius 2 is 1.57 bits per heavy atom. The van der Waals surface area contributed by atoms with Crippen molar-refractivity contribution >= 4 is 23.3 Å². The van der Waals surface area contributed by atoms with E-state index in [0.717, 1.165) is 18.8 Å². The van der Waals surface area contributed by atoms with Crippen molar-refractivity contribution in [1.29, 1.82) is 0 Å². The normalized spacial score (nSPS) is 14.7. The van der Waals surface area contributed by atoms with Gasteiger partial charge in [0.25, 0.3) is 5.91 Å². The summed E-state index contributed by atoms with van der Waals surface area (Å²) in [4.78, 5) is 39.9. The second kappa shape index (κ2) is 9.91. The minimum Gasteiger partial charge on any atom is -0.482 e. The molecule has 1 fully saturated rings. The van der Waals surface area contributed by atoms with Gasteiger partial charge in [0.05, 0.1) is 0 Å². The Kier molecular flexibility index (Phi) is 7.06. The van der Waals surface area contributed by atoms with Crippen LogP contribution in [0.5, 0.6) is 5.75 Å². The maximum absolute atomic E-state index is 12.6. The number of anilines is 1. The lowest BCUT2D eigenvalue weighted by Crippen LogP contribution is -2.51. The fourth-order valence-corrected chi connectivity index (χ4v) is 3.29. The molecule has 7 nitrogen and oxygen atoms in total. The number of para-hydroxylation sites is 1. The summed E-state index contributed by atoms with van der Waals surface area (Å²) in [5.74, 6) is -0.415. The molecule has 7 heteroatoms. The van der Waals surface area contributed by atoms with Crippen LogP contribution in [-0.4, -0.2) is 61.4 Å². The van der Waals surface area contributed by atoms with E-state index in [9.17, 15) is 14.4 Å². The number of benzene rings is 2. The number of carbonyl (C=O) groups is 3. The average Bonchev–Trinajstić information content (AvgIpc) is 2.78. The van der Waals surface area contributed by atoms with Crippen LogP contribution >= 0.6 is 0 Å². The highest BCUT2D eigenvalue weighted by Gasteiger charge is 2.27. The molecule has 0 aromatic heterocycles. The number of ketones is 1. The summed E-state index contributed by atoms with van der Waals surface area (Å²) in [6, 6.07) is 16.6. The van der Waals surface area contributed by atoms with Crippen molar-refractivity contribution in [2.75, 3.05) is 37.7 Å². The van der Waals surface area contributed by atoms with Crippen molar-refractivity contribution < 1.29 is 23.9 Å². The highest BCUT2D eigenvalue weighted by molar-refractivity contribution is 5.94. The standard InChI is InChI=1S/C23H26N2O5/c1-17(26)19-8-10-21(11-9-19)29-16-22(27)30-18(2)23(28)25-14-12-24(13-15-25)20-6-4-3-5-7-20/h3-11,18H,12-16H2,1-2H3/t18-/m0/s1. The van der Waals surface area contributed by atoms with Gasteiger partial charge in [0, 0.05) is 37.4 Å². The van der Waals surface area contributed by atoms with Crippen LogP contribution in [0.15, 0.2) is 54.6 Å². The molecule has 30 heavy (non-hydrogen) atoms. The Bertz CT molecular complexity index is 874. The van der Waals surface area contributed by atoms with Crippen LogP contribution in [0.2, 0.25) is 0 Å². The number of Topliss-reactive ketones (excluding diaryl/α,β-unsaturated/α-hetero) is 1. The Balaban J connectivity index is 1.42. The fraction of sp³-hybridized carbons (Fsp3) is 0.348. The Hall–Kier alpha value is -3.35. The molecule has 0 aliphatic carbocycles.